The summed E-state index contributed by atoms with van der Waals surface area (Å²) >= 11 is 0. The second kappa shape index (κ2) is 18.6. The number of phenolic OH excluding ortho intramolecular Hbond substituents is 4. The molecule has 4 rings (SSSR count). The Kier molecular flexibility index (Phi) is 15.6. The zero-order valence-corrected chi connectivity index (χ0v) is 25.3. The van der Waals surface area contributed by atoms with E-state index in [0.717, 1.165) is 5.56 Å². The average molecular weight is 691 g/mol. The summed E-state index contributed by atoms with van der Waals surface area (Å²) in [6, 6.07) is 8.80. The molecule has 2 aliphatic heterocycles. The summed E-state index contributed by atoms with van der Waals surface area (Å²) in [4.78, 5) is 22.4. The van der Waals surface area contributed by atoms with Crippen LogP contribution in [0.4, 0.5) is 0 Å². The molecule has 2 heterocycles. The maximum absolute atomic E-state index is 11.7. The van der Waals surface area contributed by atoms with Crippen molar-refractivity contribution in [3.8, 4) is 23.0 Å². The predicted molar refractivity (Wildman–Crippen MR) is 159 cm³/mol. The number of hydrogen-bond donors (Lipinski definition) is 15. The number of carbonyl (C=O) groups excluding carboxylic acids is 2. The molecule has 10 atom stereocenters. The standard InChI is InChI=1S/C15H23NO9.C8H11NO2.C6H8O6/c17-6-10(20)11(21)12(22)13(23)14(24)15(25)16-4-3-7-1-2-8(18)9(19)5-7;9-4-3-6-1-2-7(10)8(11)5-6;7-1-3-4(12-5(1)9)2(8)6(10)11-3/h1-2,5,10-14,17-24H,3-4,6H2,(H,16,25);1-2,5,10-11H,3-4,9H2;1-5,7-9H. The van der Waals surface area contributed by atoms with Crippen molar-refractivity contribution in [3.05, 3.63) is 47.5 Å². The van der Waals surface area contributed by atoms with E-state index < -0.39 is 79.7 Å². The zero-order chi connectivity index (χ0) is 36.3. The van der Waals surface area contributed by atoms with Crippen molar-refractivity contribution >= 4 is 11.9 Å². The molecule has 0 spiro atoms. The quantitative estimate of drug-likeness (QED) is 0.0772. The first-order valence-corrected chi connectivity index (χ1v) is 14.4. The van der Waals surface area contributed by atoms with Crippen LogP contribution in [0, 0.1) is 0 Å². The number of hydrogen-bond acceptors (Lipinski definition) is 18. The van der Waals surface area contributed by atoms with Crippen LogP contribution in [0.5, 0.6) is 23.0 Å². The number of amides is 1. The van der Waals surface area contributed by atoms with Crippen LogP contribution in [-0.2, 0) is 31.9 Å². The van der Waals surface area contributed by atoms with Crippen molar-refractivity contribution in [2.24, 2.45) is 5.73 Å². The average Bonchev–Trinajstić information content (AvgIpc) is 3.50. The zero-order valence-electron chi connectivity index (χ0n) is 25.3. The Bertz CT molecular complexity index is 1330. The molecule has 0 aliphatic carbocycles. The molecule has 0 bridgehead atoms. The highest BCUT2D eigenvalue weighted by Gasteiger charge is 2.56. The van der Waals surface area contributed by atoms with E-state index in [9.17, 15) is 45.3 Å². The smallest absolute Gasteiger partial charge is 0.338 e. The summed E-state index contributed by atoms with van der Waals surface area (Å²) in [5, 5.41) is 122. The molecule has 10 unspecified atom stereocenters. The van der Waals surface area contributed by atoms with Gasteiger partial charge in [0, 0.05) is 6.54 Å². The highest BCUT2D eigenvalue weighted by molar-refractivity contribution is 5.81. The number of ether oxygens (including phenoxy) is 2. The lowest BCUT2D eigenvalue weighted by Crippen LogP contribution is -2.54. The van der Waals surface area contributed by atoms with Crippen LogP contribution in [-0.4, -0.2) is 159 Å². The van der Waals surface area contributed by atoms with Gasteiger partial charge >= 0.3 is 5.97 Å². The molecule has 2 saturated heterocycles. The Morgan fingerprint density at radius 3 is 1.81 bits per heavy atom. The third-order valence-electron chi connectivity index (χ3n) is 7.15. The van der Waals surface area contributed by atoms with E-state index in [-0.39, 0.29) is 36.0 Å². The van der Waals surface area contributed by atoms with Gasteiger partial charge < -0.3 is 86.9 Å². The molecule has 0 aromatic heterocycles. The molecule has 270 valence electrons. The molecule has 2 fully saturated rings. The number of rotatable bonds is 11. The van der Waals surface area contributed by atoms with Crippen molar-refractivity contribution in [1.29, 1.82) is 0 Å². The number of esters is 1. The number of fused-ring (bicyclic) bond motifs is 1. The number of phenols is 4. The number of nitrogens with two attached hydrogens (primary N) is 1. The number of aliphatic hydroxyl groups is 9. The van der Waals surface area contributed by atoms with E-state index in [1.54, 1.807) is 6.07 Å². The molecule has 0 radical (unpaired) electrons. The monoisotopic (exact) mass is 690 g/mol. The van der Waals surface area contributed by atoms with Crippen molar-refractivity contribution in [3.63, 3.8) is 0 Å². The van der Waals surface area contributed by atoms with Gasteiger partial charge in [-0.25, -0.2) is 4.79 Å². The summed E-state index contributed by atoms with van der Waals surface area (Å²) in [6.45, 7) is -0.318. The number of carbonyl (C=O) groups is 2. The Morgan fingerprint density at radius 2 is 1.33 bits per heavy atom. The van der Waals surface area contributed by atoms with E-state index >= 15 is 0 Å². The van der Waals surface area contributed by atoms with E-state index in [0.29, 0.717) is 18.5 Å². The minimum atomic E-state index is -2.09. The predicted octanol–water partition coefficient (Wildman–Crippen LogP) is -5.50. The van der Waals surface area contributed by atoms with Crippen molar-refractivity contribution in [2.75, 3.05) is 19.7 Å². The summed E-state index contributed by atoms with van der Waals surface area (Å²) in [5.74, 6) is -2.64. The van der Waals surface area contributed by atoms with Gasteiger partial charge in [-0.05, 0) is 54.8 Å². The molecular weight excluding hydrogens is 648 g/mol. The molecular formula is C29H42N2O17. The van der Waals surface area contributed by atoms with Gasteiger partial charge in [-0.1, -0.05) is 12.1 Å². The lowest BCUT2D eigenvalue weighted by atomic mass is 9.99. The molecule has 2 aromatic carbocycles. The molecule has 48 heavy (non-hydrogen) atoms. The molecule has 2 aromatic rings. The fourth-order valence-electron chi connectivity index (χ4n) is 4.33. The van der Waals surface area contributed by atoms with Gasteiger partial charge in [0.25, 0.3) is 5.91 Å². The summed E-state index contributed by atoms with van der Waals surface area (Å²) < 4.78 is 9.25. The fraction of sp³-hybridized carbons (Fsp3) is 0.517. The van der Waals surface area contributed by atoms with Gasteiger partial charge in [-0.15, -0.1) is 0 Å². The summed E-state index contributed by atoms with van der Waals surface area (Å²) in [7, 11) is 0. The van der Waals surface area contributed by atoms with E-state index in [1.165, 1.54) is 30.3 Å². The third-order valence-corrected chi connectivity index (χ3v) is 7.15. The van der Waals surface area contributed by atoms with Crippen LogP contribution in [0.1, 0.15) is 11.1 Å². The van der Waals surface area contributed by atoms with Gasteiger partial charge in [0.05, 0.1) is 6.61 Å². The number of benzene rings is 2. The lowest BCUT2D eigenvalue weighted by molar-refractivity contribution is -0.168. The third kappa shape index (κ3) is 10.8. The van der Waals surface area contributed by atoms with E-state index in [4.69, 9.17) is 36.4 Å². The van der Waals surface area contributed by atoms with Gasteiger partial charge in [-0.2, -0.15) is 0 Å². The number of aliphatic hydroxyl groups excluding tert-OH is 9. The van der Waals surface area contributed by atoms with Gasteiger partial charge in [0.1, 0.15) is 36.6 Å². The SMILES string of the molecule is NCCc1ccc(O)c(O)c1.O=C(NCCc1ccc(O)c(O)c1)C(O)C(O)C(O)C(O)C(O)CO.O=C1OC2C(O)C(O)OC2C1O. The molecule has 16 N–H and O–H groups in total. The summed E-state index contributed by atoms with van der Waals surface area (Å²) in [6.07, 6.45) is -14.9. The second-order valence-corrected chi connectivity index (χ2v) is 10.7. The van der Waals surface area contributed by atoms with Crippen molar-refractivity contribution in [2.45, 2.75) is 74.1 Å². The maximum Gasteiger partial charge on any atom is 0.338 e. The van der Waals surface area contributed by atoms with Crippen LogP contribution in [0.3, 0.4) is 0 Å². The van der Waals surface area contributed by atoms with Crippen LogP contribution in [0.25, 0.3) is 0 Å². The Balaban J connectivity index is 0.000000285. The van der Waals surface area contributed by atoms with E-state index in [2.05, 4.69) is 14.8 Å². The van der Waals surface area contributed by atoms with E-state index in [1.807, 2.05) is 0 Å². The van der Waals surface area contributed by atoms with Crippen molar-refractivity contribution in [1.82, 2.24) is 5.32 Å². The number of aromatic hydroxyl groups is 4. The van der Waals surface area contributed by atoms with Gasteiger partial charge in [0.2, 0.25) is 0 Å². The Labute approximate surface area is 272 Å². The summed E-state index contributed by atoms with van der Waals surface area (Å²) in [5.41, 5.74) is 6.83. The van der Waals surface area contributed by atoms with Crippen LogP contribution < -0.4 is 11.1 Å². The normalized spacial score (nSPS) is 24.4. The number of nitrogens with one attached hydrogen (secondary N) is 1. The second-order valence-electron chi connectivity index (χ2n) is 10.7. The Morgan fingerprint density at radius 1 is 0.792 bits per heavy atom. The fourth-order valence-corrected chi connectivity index (χ4v) is 4.33. The largest absolute Gasteiger partial charge is 0.504 e. The first-order chi connectivity index (χ1) is 22.5. The molecule has 2 aliphatic rings. The topological polar surface area (TPSA) is 354 Å². The van der Waals surface area contributed by atoms with Crippen LogP contribution >= 0.6 is 0 Å². The van der Waals surface area contributed by atoms with Crippen LogP contribution in [0.2, 0.25) is 0 Å². The minimum Gasteiger partial charge on any atom is -0.504 e. The maximum atomic E-state index is 11.7. The van der Waals surface area contributed by atoms with Crippen molar-refractivity contribution < 1.29 is 85.4 Å². The molecule has 19 heteroatoms. The highest BCUT2D eigenvalue weighted by atomic mass is 16.7. The molecule has 1 amide bonds. The van der Waals surface area contributed by atoms with Crippen LogP contribution in [0.15, 0.2) is 36.4 Å². The first kappa shape index (κ1) is 40.3. The van der Waals surface area contributed by atoms with Gasteiger partial charge in [-0.3, -0.25) is 4.79 Å². The Hall–Kier alpha value is -3.86. The van der Waals surface area contributed by atoms with Gasteiger partial charge in [0.15, 0.2) is 47.6 Å². The molecule has 0 saturated carbocycles. The molecule has 19 nitrogen and oxygen atoms in total. The minimum absolute atomic E-state index is 0.0186. The first-order valence-electron chi connectivity index (χ1n) is 14.4. The lowest BCUT2D eigenvalue weighted by Gasteiger charge is -2.27. The highest BCUT2D eigenvalue weighted by Crippen LogP contribution is 2.31.